The van der Waals surface area contributed by atoms with Gasteiger partial charge in [0, 0.05) is 31.9 Å². The first kappa shape index (κ1) is 15.8. The van der Waals surface area contributed by atoms with Gasteiger partial charge < -0.3 is 15.5 Å². The van der Waals surface area contributed by atoms with E-state index in [1.807, 2.05) is 6.92 Å². The summed E-state index contributed by atoms with van der Waals surface area (Å²) in [5.41, 5.74) is 1.46. The van der Waals surface area contributed by atoms with Crippen molar-refractivity contribution in [1.82, 2.24) is 15.2 Å². The summed E-state index contributed by atoms with van der Waals surface area (Å²) >= 11 is 0. The lowest BCUT2D eigenvalue weighted by atomic mass is 10.2. The predicted octanol–water partition coefficient (Wildman–Crippen LogP) is 2.12. The summed E-state index contributed by atoms with van der Waals surface area (Å²) in [7, 11) is 2.15. The summed E-state index contributed by atoms with van der Waals surface area (Å²) in [5.74, 6) is -0.0341. The predicted molar refractivity (Wildman–Crippen MR) is 85.6 cm³/mol. The molecule has 0 bridgehead atoms. The lowest BCUT2D eigenvalue weighted by Gasteiger charge is -2.24. The molecule has 0 aromatic carbocycles. The summed E-state index contributed by atoms with van der Waals surface area (Å²) < 4.78 is 0. The van der Waals surface area contributed by atoms with Gasteiger partial charge in [-0.05, 0) is 32.9 Å². The van der Waals surface area contributed by atoms with Crippen molar-refractivity contribution in [3.63, 3.8) is 0 Å². The number of nitrogens with zero attached hydrogens (tertiary/aromatic N) is 2. The molecule has 1 heterocycles. The number of carbonyl (C=O) groups is 1. The van der Waals surface area contributed by atoms with Crippen LogP contribution in [0.25, 0.3) is 0 Å². The Kier molecular flexibility index (Phi) is 5.99. The fourth-order valence-corrected chi connectivity index (χ4v) is 2.89. The van der Waals surface area contributed by atoms with E-state index in [0.717, 1.165) is 18.8 Å². The van der Waals surface area contributed by atoms with Gasteiger partial charge in [0.1, 0.15) is 0 Å². The van der Waals surface area contributed by atoms with Gasteiger partial charge in [0.05, 0.1) is 17.4 Å². The number of carbonyl (C=O) groups excluding carboxylic acids is 1. The van der Waals surface area contributed by atoms with Crippen LogP contribution in [0.5, 0.6) is 0 Å². The third-order valence-electron chi connectivity index (χ3n) is 4.13. The van der Waals surface area contributed by atoms with Crippen molar-refractivity contribution < 1.29 is 4.79 Å². The summed E-state index contributed by atoms with van der Waals surface area (Å²) in [5, 5.41) is 6.17. The summed E-state index contributed by atoms with van der Waals surface area (Å²) in [6.07, 6.45) is 8.61. The maximum Gasteiger partial charge on any atom is 0.253 e. The highest BCUT2D eigenvalue weighted by atomic mass is 16.1. The van der Waals surface area contributed by atoms with Crippen LogP contribution in [0.2, 0.25) is 0 Å². The number of amides is 1. The average molecular weight is 290 g/mol. The third-order valence-corrected chi connectivity index (χ3v) is 4.13. The molecule has 21 heavy (non-hydrogen) atoms. The number of hydrogen-bond donors (Lipinski definition) is 2. The molecule has 0 aliphatic heterocycles. The van der Waals surface area contributed by atoms with E-state index < -0.39 is 0 Å². The normalized spacial score (nSPS) is 15.4. The van der Waals surface area contributed by atoms with Crippen LogP contribution >= 0.6 is 0 Å². The molecule has 1 aliphatic carbocycles. The molecule has 2 rings (SSSR count). The molecule has 0 spiro atoms. The van der Waals surface area contributed by atoms with Gasteiger partial charge in [-0.2, -0.15) is 0 Å². The van der Waals surface area contributed by atoms with Crippen LogP contribution in [0.3, 0.4) is 0 Å². The smallest absolute Gasteiger partial charge is 0.253 e. The average Bonchev–Trinajstić information content (AvgIpc) is 3.02. The van der Waals surface area contributed by atoms with Crippen LogP contribution in [0.15, 0.2) is 18.5 Å². The third kappa shape index (κ3) is 4.43. The highest BCUT2D eigenvalue weighted by Gasteiger charge is 2.19. The second-order valence-corrected chi connectivity index (χ2v) is 5.63. The summed E-state index contributed by atoms with van der Waals surface area (Å²) in [4.78, 5) is 18.7. The van der Waals surface area contributed by atoms with Crippen molar-refractivity contribution in [2.75, 3.05) is 32.0 Å². The Bertz CT molecular complexity index is 457. The Morgan fingerprint density at radius 3 is 2.90 bits per heavy atom. The summed E-state index contributed by atoms with van der Waals surface area (Å²) in [6.45, 7) is 4.36. The fraction of sp³-hybridized carbons (Fsp3) is 0.625. The minimum absolute atomic E-state index is 0.0341. The van der Waals surface area contributed by atoms with E-state index in [0.29, 0.717) is 18.2 Å². The molecule has 5 heteroatoms. The standard InChI is InChI=1S/C16H26N4O/c1-3-18-15-12-17-9-8-14(15)16(21)19-10-11-20(2)13-6-4-5-7-13/h8-9,12-13,18H,3-7,10-11H2,1-2H3,(H,19,21). The Morgan fingerprint density at radius 2 is 2.19 bits per heavy atom. The molecule has 116 valence electrons. The molecule has 2 N–H and O–H groups in total. The van der Waals surface area contributed by atoms with Gasteiger partial charge in [-0.3, -0.25) is 9.78 Å². The molecule has 1 aromatic heterocycles. The second-order valence-electron chi connectivity index (χ2n) is 5.63. The zero-order valence-electron chi connectivity index (χ0n) is 13.1. The van der Waals surface area contributed by atoms with E-state index in [1.54, 1.807) is 18.5 Å². The van der Waals surface area contributed by atoms with E-state index >= 15 is 0 Å². The van der Waals surface area contributed by atoms with Crippen molar-refractivity contribution in [2.45, 2.75) is 38.6 Å². The Hall–Kier alpha value is -1.62. The van der Waals surface area contributed by atoms with Gasteiger partial charge in [-0.15, -0.1) is 0 Å². The summed E-state index contributed by atoms with van der Waals surface area (Å²) in [6, 6.07) is 2.45. The van der Waals surface area contributed by atoms with Gasteiger partial charge >= 0.3 is 0 Å². The molecule has 0 radical (unpaired) electrons. The fourth-order valence-electron chi connectivity index (χ4n) is 2.89. The quantitative estimate of drug-likeness (QED) is 0.807. The molecule has 0 saturated heterocycles. The van der Waals surface area contributed by atoms with E-state index in [-0.39, 0.29) is 5.91 Å². The van der Waals surface area contributed by atoms with Crippen LogP contribution < -0.4 is 10.6 Å². The highest BCUT2D eigenvalue weighted by molar-refractivity contribution is 5.99. The number of hydrogen-bond acceptors (Lipinski definition) is 4. The molecule has 0 atom stereocenters. The van der Waals surface area contributed by atoms with Crippen molar-refractivity contribution in [1.29, 1.82) is 0 Å². The molecule has 0 unspecified atom stereocenters. The van der Waals surface area contributed by atoms with Crippen molar-refractivity contribution in [3.8, 4) is 0 Å². The van der Waals surface area contributed by atoms with E-state index in [9.17, 15) is 4.79 Å². The van der Waals surface area contributed by atoms with Crippen molar-refractivity contribution in [2.24, 2.45) is 0 Å². The molecular formula is C16H26N4O. The zero-order chi connectivity index (χ0) is 15.1. The first-order chi connectivity index (χ1) is 10.2. The number of rotatable bonds is 7. The Balaban J connectivity index is 1.81. The lowest BCUT2D eigenvalue weighted by Crippen LogP contribution is -2.37. The van der Waals surface area contributed by atoms with Crippen molar-refractivity contribution in [3.05, 3.63) is 24.0 Å². The maximum absolute atomic E-state index is 12.2. The van der Waals surface area contributed by atoms with Crippen LogP contribution in [0.4, 0.5) is 5.69 Å². The Labute approximate surface area is 127 Å². The van der Waals surface area contributed by atoms with Gasteiger partial charge in [-0.25, -0.2) is 0 Å². The molecule has 1 aliphatic rings. The van der Waals surface area contributed by atoms with E-state index in [2.05, 4.69) is 27.6 Å². The Morgan fingerprint density at radius 1 is 1.43 bits per heavy atom. The first-order valence-electron chi connectivity index (χ1n) is 7.88. The van der Waals surface area contributed by atoms with Gasteiger partial charge in [-0.1, -0.05) is 12.8 Å². The minimum Gasteiger partial charge on any atom is -0.383 e. The number of pyridine rings is 1. The van der Waals surface area contributed by atoms with Crippen molar-refractivity contribution >= 4 is 11.6 Å². The molecule has 1 fully saturated rings. The minimum atomic E-state index is -0.0341. The van der Waals surface area contributed by atoms with Crippen LogP contribution in [-0.2, 0) is 0 Å². The number of likely N-dealkylation sites (N-methyl/N-ethyl adjacent to an activating group) is 1. The molecule has 1 saturated carbocycles. The van der Waals surface area contributed by atoms with Crippen LogP contribution in [0.1, 0.15) is 43.0 Å². The second kappa shape index (κ2) is 7.98. The lowest BCUT2D eigenvalue weighted by molar-refractivity contribution is 0.0948. The maximum atomic E-state index is 12.2. The molecular weight excluding hydrogens is 264 g/mol. The zero-order valence-corrected chi connectivity index (χ0v) is 13.1. The number of aromatic nitrogens is 1. The topological polar surface area (TPSA) is 57.3 Å². The van der Waals surface area contributed by atoms with Gasteiger partial charge in [0.2, 0.25) is 0 Å². The van der Waals surface area contributed by atoms with Gasteiger partial charge in [0.25, 0.3) is 5.91 Å². The SMILES string of the molecule is CCNc1cnccc1C(=O)NCCN(C)C1CCCC1. The first-order valence-corrected chi connectivity index (χ1v) is 7.88. The largest absolute Gasteiger partial charge is 0.383 e. The van der Waals surface area contributed by atoms with E-state index in [1.165, 1.54) is 25.7 Å². The number of nitrogens with one attached hydrogen (secondary N) is 2. The van der Waals surface area contributed by atoms with Crippen LogP contribution in [-0.4, -0.2) is 48.5 Å². The van der Waals surface area contributed by atoms with Crippen LogP contribution in [0, 0.1) is 0 Å². The van der Waals surface area contributed by atoms with Gasteiger partial charge in [0.15, 0.2) is 0 Å². The molecule has 1 aromatic rings. The number of anilines is 1. The van der Waals surface area contributed by atoms with E-state index in [4.69, 9.17) is 0 Å². The molecule has 1 amide bonds. The monoisotopic (exact) mass is 290 g/mol. The highest BCUT2D eigenvalue weighted by Crippen LogP contribution is 2.21. The molecule has 5 nitrogen and oxygen atoms in total.